The first kappa shape index (κ1) is 22.0. The van der Waals surface area contributed by atoms with E-state index in [1.165, 1.54) is 23.9 Å². The second-order valence-corrected chi connectivity index (χ2v) is 8.51. The van der Waals surface area contributed by atoms with Crippen LogP contribution in [0.25, 0.3) is 10.9 Å². The Hall–Kier alpha value is -2.67. The zero-order valence-corrected chi connectivity index (χ0v) is 18.0. The fraction of sp³-hybridized carbons (Fsp3) is 0.348. The number of hydrogen-bond acceptors (Lipinski definition) is 4. The highest BCUT2D eigenvalue weighted by Crippen LogP contribution is 2.18. The minimum atomic E-state index is -0.273. The summed E-state index contributed by atoms with van der Waals surface area (Å²) in [6, 6.07) is 13.5. The van der Waals surface area contributed by atoms with Crippen LogP contribution in [0.2, 0.25) is 0 Å². The minimum Gasteiger partial charge on any atom is -0.355 e. The van der Waals surface area contributed by atoms with Gasteiger partial charge in [0, 0.05) is 13.1 Å². The van der Waals surface area contributed by atoms with Crippen LogP contribution < -0.4 is 10.9 Å². The molecule has 1 N–H and O–H groups in total. The van der Waals surface area contributed by atoms with E-state index in [0.29, 0.717) is 41.5 Å². The summed E-state index contributed by atoms with van der Waals surface area (Å²) in [4.78, 5) is 29.9. The van der Waals surface area contributed by atoms with Gasteiger partial charge in [0.1, 0.15) is 5.82 Å². The molecule has 3 rings (SSSR count). The summed E-state index contributed by atoms with van der Waals surface area (Å²) >= 11 is 1.27. The second kappa shape index (κ2) is 10.4. The highest BCUT2D eigenvalue weighted by molar-refractivity contribution is 7.99. The lowest BCUT2D eigenvalue weighted by Gasteiger charge is -2.14. The summed E-state index contributed by atoms with van der Waals surface area (Å²) in [5.74, 6) is 0.233. The summed E-state index contributed by atoms with van der Waals surface area (Å²) in [5.41, 5.74) is 1.53. The van der Waals surface area contributed by atoms with E-state index >= 15 is 0 Å². The van der Waals surface area contributed by atoms with Crippen molar-refractivity contribution in [1.29, 1.82) is 0 Å². The van der Waals surface area contributed by atoms with Gasteiger partial charge < -0.3 is 5.32 Å². The molecule has 0 fully saturated rings. The van der Waals surface area contributed by atoms with Gasteiger partial charge in [-0.05, 0) is 48.6 Å². The van der Waals surface area contributed by atoms with Gasteiger partial charge in [0.25, 0.3) is 5.56 Å². The number of fused-ring (bicyclic) bond motifs is 1. The Labute approximate surface area is 179 Å². The zero-order chi connectivity index (χ0) is 21.5. The van der Waals surface area contributed by atoms with Gasteiger partial charge in [0.05, 0.1) is 16.7 Å². The zero-order valence-electron chi connectivity index (χ0n) is 17.2. The molecule has 0 bridgehead atoms. The van der Waals surface area contributed by atoms with Crippen molar-refractivity contribution in [3.8, 4) is 0 Å². The summed E-state index contributed by atoms with van der Waals surface area (Å²) in [5, 5.41) is 4.02. The number of rotatable bonds is 9. The Morgan fingerprint density at radius 3 is 2.63 bits per heavy atom. The first-order valence-electron chi connectivity index (χ1n) is 10.1. The van der Waals surface area contributed by atoms with E-state index < -0.39 is 0 Å². The monoisotopic (exact) mass is 427 g/mol. The van der Waals surface area contributed by atoms with Crippen LogP contribution in [0.3, 0.4) is 0 Å². The number of halogens is 1. The number of nitrogens with zero attached hydrogens (tertiary/aromatic N) is 2. The third kappa shape index (κ3) is 5.92. The Balaban J connectivity index is 1.64. The number of amides is 1. The summed E-state index contributed by atoms with van der Waals surface area (Å²) in [6.45, 7) is 5.26. The molecule has 158 valence electrons. The highest BCUT2D eigenvalue weighted by atomic mass is 32.2. The van der Waals surface area contributed by atoms with Crippen LogP contribution in [0.15, 0.2) is 58.5 Å². The second-order valence-electron chi connectivity index (χ2n) is 7.57. The molecule has 0 spiro atoms. The Morgan fingerprint density at radius 2 is 1.90 bits per heavy atom. The molecule has 5 nitrogen and oxygen atoms in total. The molecule has 2 aromatic carbocycles. The molecule has 0 saturated carbocycles. The topological polar surface area (TPSA) is 64.0 Å². The van der Waals surface area contributed by atoms with Crippen molar-refractivity contribution in [2.75, 3.05) is 12.3 Å². The maximum atomic E-state index is 13.0. The number of nitrogens with one attached hydrogen (secondary N) is 1. The Bertz CT molecular complexity index is 1060. The van der Waals surface area contributed by atoms with E-state index in [1.807, 2.05) is 18.2 Å². The van der Waals surface area contributed by atoms with Crippen LogP contribution in [0.1, 0.15) is 25.8 Å². The molecule has 3 aromatic rings. The normalized spacial score (nSPS) is 11.2. The molecule has 1 amide bonds. The van der Waals surface area contributed by atoms with E-state index in [0.717, 1.165) is 12.0 Å². The van der Waals surface area contributed by atoms with E-state index in [2.05, 4.69) is 24.1 Å². The fourth-order valence-electron chi connectivity index (χ4n) is 3.02. The molecule has 0 atom stereocenters. The van der Waals surface area contributed by atoms with E-state index in [9.17, 15) is 14.0 Å². The molecule has 0 aliphatic heterocycles. The SMILES string of the molecule is CC(C)CCn1c(SCC(=O)NCCc2ccc(F)cc2)nc2ccccc2c1=O. The minimum absolute atomic E-state index is 0.0690. The third-order valence-electron chi connectivity index (χ3n) is 4.74. The number of thioether (sulfide) groups is 1. The van der Waals surface area contributed by atoms with Crippen molar-refractivity contribution in [2.45, 2.75) is 38.4 Å². The van der Waals surface area contributed by atoms with E-state index in [1.54, 1.807) is 22.8 Å². The quantitative estimate of drug-likeness (QED) is 0.414. The average molecular weight is 428 g/mol. The Kier molecular flexibility index (Phi) is 7.63. The summed E-state index contributed by atoms with van der Waals surface area (Å²) < 4.78 is 14.6. The van der Waals surface area contributed by atoms with Crippen molar-refractivity contribution in [2.24, 2.45) is 5.92 Å². The molecule has 30 heavy (non-hydrogen) atoms. The molecule has 1 heterocycles. The largest absolute Gasteiger partial charge is 0.355 e. The van der Waals surface area contributed by atoms with Gasteiger partial charge in [-0.15, -0.1) is 0 Å². The van der Waals surface area contributed by atoms with Crippen LogP contribution in [-0.2, 0) is 17.8 Å². The van der Waals surface area contributed by atoms with Crippen molar-refractivity contribution >= 4 is 28.6 Å². The van der Waals surface area contributed by atoms with Gasteiger partial charge in [-0.2, -0.15) is 0 Å². The van der Waals surface area contributed by atoms with Gasteiger partial charge in [0.2, 0.25) is 5.91 Å². The molecule has 0 unspecified atom stereocenters. The van der Waals surface area contributed by atoms with Crippen molar-refractivity contribution in [3.05, 3.63) is 70.3 Å². The Morgan fingerprint density at radius 1 is 1.17 bits per heavy atom. The molecule has 0 saturated heterocycles. The van der Waals surface area contributed by atoms with Crippen LogP contribution in [0.4, 0.5) is 4.39 Å². The van der Waals surface area contributed by atoms with Gasteiger partial charge in [-0.3, -0.25) is 14.2 Å². The number of para-hydroxylation sites is 1. The molecule has 0 aliphatic carbocycles. The van der Waals surface area contributed by atoms with Gasteiger partial charge in [0.15, 0.2) is 5.16 Å². The van der Waals surface area contributed by atoms with Crippen LogP contribution in [-0.4, -0.2) is 27.8 Å². The fourth-order valence-corrected chi connectivity index (χ4v) is 3.88. The van der Waals surface area contributed by atoms with Crippen molar-refractivity contribution in [3.63, 3.8) is 0 Å². The van der Waals surface area contributed by atoms with Gasteiger partial charge in [-0.1, -0.05) is 49.9 Å². The van der Waals surface area contributed by atoms with Gasteiger partial charge >= 0.3 is 0 Å². The van der Waals surface area contributed by atoms with Crippen LogP contribution >= 0.6 is 11.8 Å². The van der Waals surface area contributed by atoms with E-state index in [-0.39, 0.29) is 23.0 Å². The summed E-state index contributed by atoms with van der Waals surface area (Å²) in [7, 11) is 0. The number of carbonyl (C=O) groups is 1. The van der Waals surface area contributed by atoms with Crippen LogP contribution in [0.5, 0.6) is 0 Å². The standard InChI is InChI=1S/C23H26FN3O2S/c1-16(2)12-14-27-22(29)19-5-3-4-6-20(19)26-23(27)30-15-21(28)25-13-11-17-7-9-18(24)10-8-17/h3-10,16H,11-15H2,1-2H3,(H,25,28). The lowest BCUT2D eigenvalue weighted by molar-refractivity contribution is -0.118. The van der Waals surface area contributed by atoms with E-state index in [4.69, 9.17) is 0 Å². The average Bonchev–Trinajstić information content (AvgIpc) is 2.73. The number of carbonyl (C=O) groups excluding carboxylic acids is 1. The van der Waals surface area contributed by atoms with Crippen molar-refractivity contribution in [1.82, 2.24) is 14.9 Å². The smallest absolute Gasteiger partial charge is 0.262 e. The van der Waals surface area contributed by atoms with Crippen LogP contribution in [0, 0.1) is 11.7 Å². The molecule has 7 heteroatoms. The lowest BCUT2D eigenvalue weighted by Crippen LogP contribution is -2.28. The lowest BCUT2D eigenvalue weighted by atomic mass is 10.1. The van der Waals surface area contributed by atoms with Gasteiger partial charge in [-0.25, -0.2) is 9.37 Å². The first-order chi connectivity index (χ1) is 14.4. The maximum absolute atomic E-state index is 13.0. The number of hydrogen-bond donors (Lipinski definition) is 1. The summed E-state index contributed by atoms with van der Waals surface area (Å²) in [6.07, 6.45) is 1.49. The third-order valence-corrected chi connectivity index (χ3v) is 5.71. The highest BCUT2D eigenvalue weighted by Gasteiger charge is 2.13. The maximum Gasteiger partial charge on any atom is 0.262 e. The molecular weight excluding hydrogens is 401 g/mol. The predicted octanol–water partition coefficient (Wildman–Crippen LogP) is 4.03. The number of aromatic nitrogens is 2. The first-order valence-corrected chi connectivity index (χ1v) is 11.1. The molecule has 1 aromatic heterocycles. The molecule has 0 aliphatic rings. The molecule has 0 radical (unpaired) electrons. The molecular formula is C23H26FN3O2S. The van der Waals surface area contributed by atoms with Crippen molar-refractivity contribution < 1.29 is 9.18 Å². The number of benzene rings is 2. The predicted molar refractivity (Wildman–Crippen MR) is 119 cm³/mol.